The molecule has 3 heteroatoms. The molecule has 2 aliphatic carbocycles. The molecule has 2 unspecified atom stereocenters. The molecule has 0 bridgehead atoms. The largest absolute Gasteiger partial charge is 0.491 e. The predicted octanol–water partition coefficient (Wildman–Crippen LogP) is 3.93. The zero-order valence-corrected chi connectivity index (χ0v) is 13.1. The van der Waals surface area contributed by atoms with E-state index >= 15 is 0 Å². The van der Waals surface area contributed by atoms with Gasteiger partial charge in [0.1, 0.15) is 5.09 Å². The van der Waals surface area contributed by atoms with Crippen LogP contribution in [0.1, 0.15) is 46.0 Å². The fourth-order valence-electron chi connectivity index (χ4n) is 4.00. The first-order chi connectivity index (χ1) is 8.99. The van der Waals surface area contributed by atoms with Gasteiger partial charge in [0.2, 0.25) is 0 Å². The molecule has 0 radical (unpaired) electrons. The number of hydrogen-bond donors (Lipinski definition) is 2. The van der Waals surface area contributed by atoms with Crippen molar-refractivity contribution in [2.45, 2.75) is 52.1 Å². The lowest BCUT2D eigenvalue weighted by Crippen LogP contribution is -2.39. The molecule has 0 aliphatic heterocycles. The van der Waals surface area contributed by atoms with E-state index in [1.807, 2.05) is 6.08 Å². The summed E-state index contributed by atoms with van der Waals surface area (Å²) in [6.45, 7) is 4.62. The van der Waals surface area contributed by atoms with Crippen molar-refractivity contribution in [3.63, 3.8) is 0 Å². The van der Waals surface area contributed by atoms with Crippen molar-refractivity contribution in [1.29, 1.82) is 0 Å². The van der Waals surface area contributed by atoms with E-state index in [0.29, 0.717) is 16.9 Å². The molecule has 0 aromatic carbocycles. The maximum atomic E-state index is 10.2. The highest BCUT2D eigenvalue weighted by molar-refractivity contribution is 7.84. The second-order valence-corrected chi connectivity index (χ2v) is 6.70. The Morgan fingerprint density at radius 3 is 3.11 bits per heavy atom. The fourth-order valence-corrected chi connectivity index (χ4v) is 4.11. The number of fused-ring (bicyclic) bond motifs is 1. The number of ether oxygens (including phenoxy) is 1. The van der Waals surface area contributed by atoms with E-state index in [2.05, 4.69) is 32.6 Å². The standard InChI is InChI=1S/C16H26O2S/c1-11(6-9-15(19)18-3)12-7-8-13-14(17)5-4-10-16(12,13)2/h7,9,11,13-14,17,19H,4-6,8,10H2,1-3H3/b15-9+/t11-,13+,14?,16?/m1/s1. The summed E-state index contributed by atoms with van der Waals surface area (Å²) in [7, 11) is 1.65. The van der Waals surface area contributed by atoms with Crippen LogP contribution in [-0.2, 0) is 4.74 Å². The zero-order chi connectivity index (χ0) is 14.0. The summed E-state index contributed by atoms with van der Waals surface area (Å²) in [6, 6.07) is 0. The van der Waals surface area contributed by atoms with Gasteiger partial charge < -0.3 is 9.84 Å². The Labute approximate surface area is 122 Å². The van der Waals surface area contributed by atoms with E-state index in [1.165, 1.54) is 12.0 Å². The van der Waals surface area contributed by atoms with Gasteiger partial charge in [-0.25, -0.2) is 0 Å². The van der Waals surface area contributed by atoms with Crippen molar-refractivity contribution < 1.29 is 9.84 Å². The quantitative estimate of drug-likeness (QED) is 0.465. The second-order valence-electron chi connectivity index (χ2n) is 6.26. The summed E-state index contributed by atoms with van der Waals surface area (Å²) in [4.78, 5) is 0. The number of methoxy groups -OCH3 is 1. The third-order valence-electron chi connectivity index (χ3n) is 5.12. The molecule has 0 spiro atoms. The van der Waals surface area contributed by atoms with Crippen molar-refractivity contribution in [1.82, 2.24) is 0 Å². The van der Waals surface area contributed by atoms with E-state index in [-0.39, 0.29) is 11.5 Å². The molecule has 1 N–H and O–H groups in total. The highest BCUT2D eigenvalue weighted by Gasteiger charge is 2.47. The Balaban J connectivity index is 2.08. The number of aliphatic hydroxyl groups is 1. The molecule has 19 heavy (non-hydrogen) atoms. The van der Waals surface area contributed by atoms with Crippen molar-refractivity contribution >= 4 is 12.6 Å². The van der Waals surface area contributed by atoms with Crippen LogP contribution in [0, 0.1) is 17.3 Å². The summed E-state index contributed by atoms with van der Waals surface area (Å²) in [6.07, 6.45) is 9.63. The molecule has 2 rings (SSSR count). The lowest BCUT2D eigenvalue weighted by molar-refractivity contribution is 0.00803. The summed E-state index contributed by atoms with van der Waals surface area (Å²) >= 11 is 4.25. The Hall–Kier alpha value is -0.410. The number of thiol groups is 1. The maximum Gasteiger partial charge on any atom is 0.145 e. The molecule has 0 heterocycles. The van der Waals surface area contributed by atoms with Crippen molar-refractivity contribution in [3.05, 3.63) is 22.8 Å². The Kier molecular flexibility index (Phi) is 4.67. The van der Waals surface area contributed by atoms with Crippen LogP contribution in [0.25, 0.3) is 0 Å². The topological polar surface area (TPSA) is 29.5 Å². The summed E-state index contributed by atoms with van der Waals surface area (Å²) < 4.78 is 5.08. The van der Waals surface area contributed by atoms with E-state index in [0.717, 1.165) is 25.7 Å². The Morgan fingerprint density at radius 1 is 1.68 bits per heavy atom. The first kappa shape index (κ1) is 15.0. The van der Waals surface area contributed by atoms with Crippen LogP contribution in [-0.4, -0.2) is 18.3 Å². The molecule has 1 fully saturated rings. The minimum absolute atomic E-state index is 0.116. The lowest BCUT2D eigenvalue weighted by Gasteiger charge is -2.43. The van der Waals surface area contributed by atoms with Gasteiger partial charge >= 0.3 is 0 Å². The third-order valence-corrected chi connectivity index (χ3v) is 5.48. The number of rotatable bonds is 4. The van der Waals surface area contributed by atoms with Crippen LogP contribution in [0.5, 0.6) is 0 Å². The predicted molar refractivity (Wildman–Crippen MR) is 82.0 cm³/mol. The first-order valence-corrected chi connectivity index (χ1v) is 7.75. The Morgan fingerprint density at radius 2 is 2.42 bits per heavy atom. The van der Waals surface area contributed by atoms with E-state index in [4.69, 9.17) is 4.74 Å². The fraction of sp³-hybridized carbons (Fsp3) is 0.750. The molecule has 2 aliphatic rings. The highest BCUT2D eigenvalue weighted by Crippen LogP contribution is 2.55. The van der Waals surface area contributed by atoms with Crippen LogP contribution < -0.4 is 0 Å². The minimum Gasteiger partial charge on any atom is -0.491 e. The molecule has 0 aromatic rings. The lowest BCUT2D eigenvalue weighted by atomic mass is 9.63. The van der Waals surface area contributed by atoms with Gasteiger partial charge in [-0.3, -0.25) is 0 Å². The van der Waals surface area contributed by atoms with Crippen LogP contribution in [0.2, 0.25) is 0 Å². The molecule has 0 aromatic heterocycles. The van der Waals surface area contributed by atoms with E-state index in [1.54, 1.807) is 7.11 Å². The van der Waals surface area contributed by atoms with Gasteiger partial charge in [-0.2, -0.15) is 0 Å². The Bertz CT molecular complexity index is 388. The van der Waals surface area contributed by atoms with Crippen LogP contribution in [0.15, 0.2) is 22.8 Å². The monoisotopic (exact) mass is 282 g/mol. The summed E-state index contributed by atoms with van der Waals surface area (Å²) in [5.74, 6) is 0.929. The van der Waals surface area contributed by atoms with Crippen molar-refractivity contribution in [3.8, 4) is 0 Å². The third kappa shape index (κ3) is 2.87. The average Bonchev–Trinajstić information content (AvgIpc) is 2.74. The van der Waals surface area contributed by atoms with Crippen LogP contribution in [0.3, 0.4) is 0 Å². The minimum atomic E-state index is -0.116. The van der Waals surface area contributed by atoms with Crippen molar-refractivity contribution in [2.75, 3.05) is 7.11 Å². The molecular formula is C16H26O2S. The average molecular weight is 282 g/mol. The number of hydrogen-bond acceptors (Lipinski definition) is 3. The normalized spacial score (nSPS) is 36.7. The second kappa shape index (κ2) is 5.92. The zero-order valence-electron chi connectivity index (χ0n) is 12.2. The van der Waals surface area contributed by atoms with Gasteiger partial charge in [0.05, 0.1) is 13.2 Å². The molecular weight excluding hydrogens is 256 g/mol. The molecule has 0 amide bonds. The van der Waals surface area contributed by atoms with Gasteiger partial charge in [0, 0.05) is 0 Å². The number of aliphatic hydroxyl groups excluding tert-OH is 1. The van der Waals surface area contributed by atoms with Crippen LogP contribution in [0.4, 0.5) is 0 Å². The van der Waals surface area contributed by atoms with E-state index < -0.39 is 0 Å². The molecule has 1 saturated carbocycles. The van der Waals surface area contributed by atoms with Crippen LogP contribution >= 0.6 is 12.6 Å². The first-order valence-electron chi connectivity index (χ1n) is 7.30. The highest BCUT2D eigenvalue weighted by atomic mass is 32.1. The molecule has 2 nitrogen and oxygen atoms in total. The van der Waals surface area contributed by atoms with E-state index in [9.17, 15) is 5.11 Å². The van der Waals surface area contributed by atoms with Crippen molar-refractivity contribution in [2.24, 2.45) is 17.3 Å². The van der Waals surface area contributed by atoms with Gasteiger partial charge in [-0.05, 0) is 55.4 Å². The number of allylic oxidation sites excluding steroid dienone is 3. The SMILES string of the molecule is CO/C(S)=C\C[C@@H](C)C1=CC[C@H]2C(O)CCCC12C. The molecule has 0 saturated heterocycles. The van der Waals surface area contributed by atoms with Gasteiger partial charge in [-0.1, -0.05) is 25.5 Å². The van der Waals surface area contributed by atoms with Gasteiger partial charge in [0.15, 0.2) is 0 Å². The molecule has 108 valence electrons. The van der Waals surface area contributed by atoms with Gasteiger partial charge in [-0.15, -0.1) is 12.6 Å². The smallest absolute Gasteiger partial charge is 0.145 e. The van der Waals surface area contributed by atoms with Gasteiger partial charge in [0.25, 0.3) is 0 Å². The summed E-state index contributed by atoms with van der Waals surface area (Å²) in [5, 5.41) is 10.9. The summed E-state index contributed by atoms with van der Waals surface area (Å²) in [5.41, 5.74) is 1.74. The molecule has 4 atom stereocenters. The maximum absolute atomic E-state index is 10.2.